The van der Waals surface area contributed by atoms with Crippen LogP contribution in [0.5, 0.6) is 0 Å². The summed E-state index contributed by atoms with van der Waals surface area (Å²) >= 11 is 0. The molecule has 4 heteroatoms. The number of nitrogens with one attached hydrogen (secondary N) is 1. The van der Waals surface area contributed by atoms with Crippen LogP contribution >= 0.6 is 0 Å². The first-order valence-corrected chi connectivity index (χ1v) is 5.22. The third-order valence-corrected chi connectivity index (χ3v) is 2.92. The predicted octanol–water partition coefficient (Wildman–Crippen LogP) is 1.83. The van der Waals surface area contributed by atoms with Crippen LogP contribution in [0, 0.1) is 5.92 Å². The minimum atomic E-state index is -0.864. The molecule has 0 saturated carbocycles. The molecule has 0 bridgehead atoms. The Morgan fingerprint density at radius 2 is 2.19 bits per heavy atom. The first-order chi connectivity index (χ1) is 7.59. The summed E-state index contributed by atoms with van der Waals surface area (Å²) in [4.78, 5) is 22.5. The van der Waals surface area contributed by atoms with Gasteiger partial charge in [-0.05, 0) is 18.1 Å². The van der Waals surface area contributed by atoms with Gasteiger partial charge in [0, 0.05) is 5.69 Å². The Morgan fingerprint density at radius 3 is 2.88 bits per heavy atom. The lowest BCUT2D eigenvalue weighted by Crippen LogP contribution is -2.19. The number of carbonyl (C=O) groups is 2. The van der Waals surface area contributed by atoms with E-state index in [1.807, 2.05) is 24.3 Å². The normalized spacial score (nSPS) is 20.1. The molecule has 2 rings (SSSR count). The van der Waals surface area contributed by atoms with Gasteiger partial charge in [0.15, 0.2) is 0 Å². The zero-order valence-electron chi connectivity index (χ0n) is 8.93. The van der Waals surface area contributed by atoms with Crippen LogP contribution in [0.3, 0.4) is 0 Å². The molecule has 0 spiro atoms. The van der Waals surface area contributed by atoms with Crippen molar-refractivity contribution in [2.75, 3.05) is 5.32 Å². The fourth-order valence-electron chi connectivity index (χ4n) is 1.96. The molecule has 1 aromatic carbocycles. The third-order valence-electron chi connectivity index (χ3n) is 2.92. The van der Waals surface area contributed by atoms with Gasteiger partial charge in [-0.3, -0.25) is 9.59 Å². The van der Waals surface area contributed by atoms with Crippen LogP contribution in [0.1, 0.15) is 24.8 Å². The number of rotatable bonds is 3. The first kappa shape index (κ1) is 10.7. The van der Waals surface area contributed by atoms with Gasteiger partial charge in [-0.2, -0.15) is 0 Å². The molecule has 4 nitrogen and oxygen atoms in total. The molecular formula is C12H13NO3. The average Bonchev–Trinajstić information content (AvgIpc) is 2.55. The number of carbonyl (C=O) groups excluding carboxylic acids is 1. The summed E-state index contributed by atoms with van der Waals surface area (Å²) in [5.41, 5.74) is 1.70. The topological polar surface area (TPSA) is 66.4 Å². The molecule has 0 saturated heterocycles. The molecule has 0 aromatic heterocycles. The van der Waals surface area contributed by atoms with Gasteiger partial charge in [0.2, 0.25) is 5.91 Å². The van der Waals surface area contributed by atoms with Gasteiger partial charge >= 0.3 is 5.97 Å². The smallest absolute Gasteiger partial charge is 0.306 e. The van der Waals surface area contributed by atoms with Crippen LogP contribution in [-0.4, -0.2) is 17.0 Å². The maximum absolute atomic E-state index is 11.7. The fraction of sp³-hybridized carbons (Fsp3) is 0.333. The van der Waals surface area contributed by atoms with Crippen LogP contribution < -0.4 is 5.32 Å². The molecule has 0 radical (unpaired) electrons. The van der Waals surface area contributed by atoms with Gasteiger partial charge in [0.1, 0.15) is 0 Å². The van der Waals surface area contributed by atoms with Crippen molar-refractivity contribution in [3.05, 3.63) is 29.8 Å². The molecule has 1 unspecified atom stereocenters. The zero-order valence-corrected chi connectivity index (χ0v) is 8.93. The van der Waals surface area contributed by atoms with Gasteiger partial charge in [-0.15, -0.1) is 0 Å². The number of anilines is 1. The van der Waals surface area contributed by atoms with Gasteiger partial charge in [-0.25, -0.2) is 0 Å². The molecular weight excluding hydrogens is 206 g/mol. The van der Waals surface area contributed by atoms with Crippen molar-refractivity contribution < 1.29 is 14.7 Å². The Bertz CT molecular complexity index is 442. The Labute approximate surface area is 93.3 Å². The summed E-state index contributed by atoms with van der Waals surface area (Å²) in [6.45, 7) is 1.62. The second kappa shape index (κ2) is 3.96. The number of para-hydroxylation sites is 1. The molecule has 2 atom stereocenters. The minimum Gasteiger partial charge on any atom is -0.481 e. The fourth-order valence-corrected chi connectivity index (χ4v) is 1.96. The summed E-state index contributed by atoms with van der Waals surface area (Å²) in [5, 5.41) is 11.6. The lowest BCUT2D eigenvalue weighted by Gasteiger charge is -2.11. The minimum absolute atomic E-state index is 0.102. The summed E-state index contributed by atoms with van der Waals surface area (Å²) in [7, 11) is 0. The van der Waals surface area contributed by atoms with Crippen molar-refractivity contribution in [2.24, 2.45) is 5.92 Å². The van der Waals surface area contributed by atoms with Gasteiger partial charge < -0.3 is 10.4 Å². The van der Waals surface area contributed by atoms with E-state index in [0.29, 0.717) is 6.42 Å². The highest BCUT2D eigenvalue weighted by atomic mass is 16.4. The standard InChI is InChI=1S/C12H13NO3/c1-7(12(15)16)6-9-8-4-2-3-5-10(8)13-11(9)14/h2-5,7,9H,6H2,1H3,(H,13,14)(H,15,16)/t7-,9?/m0/s1. The monoisotopic (exact) mass is 219 g/mol. The predicted molar refractivity (Wildman–Crippen MR) is 59.2 cm³/mol. The number of hydrogen-bond donors (Lipinski definition) is 2. The Hall–Kier alpha value is -1.84. The third kappa shape index (κ3) is 1.78. The summed E-state index contributed by atoms with van der Waals surface area (Å²) in [5.74, 6) is -1.81. The van der Waals surface area contributed by atoms with Crippen molar-refractivity contribution in [2.45, 2.75) is 19.3 Å². The first-order valence-electron chi connectivity index (χ1n) is 5.22. The van der Waals surface area contributed by atoms with Crippen LogP contribution in [0.4, 0.5) is 5.69 Å². The summed E-state index contributed by atoms with van der Waals surface area (Å²) in [6, 6.07) is 7.41. The SMILES string of the molecule is C[C@@H](CC1C(=O)Nc2ccccc21)C(=O)O. The number of amides is 1. The molecule has 0 aliphatic carbocycles. The average molecular weight is 219 g/mol. The highest BCUT2D eigenvalue weighted by Gasteiger charge is 2.32. The molecule has 1 aliphatic rings. The van der Waals surface area contributed by atoms with Crippen molar-refractivity contribution in [1.82, 2.24) is 0 Å². The molecule has 84 valence electrons. The van der Waals surface area contributed by atoms with Gasteiger partial charge in [0.25, 0.3) is 0 Å². The van der Waals surface area contributed by atoms with E-state index in [0.717, 1.165) is 11.3 Å². The maximum atomic E-state index is 11.7. The van der Waals surface area contributed by atoms with Crippen LogP contribution in [0.25, 0.3) is 0 Å². The summed E-state index contributed by atoms with van der Waals surface area (Å²) < 4.78 is 0. The van der Waals surface area contributed by atoms with Crippen molar-refractivity contribution in [3.63, 3.8) is 0 Å². The largest absolute Gasteiger partial charge is 0.481 e. The van der Waals surface area contributed by atoms with Crippen molar-refractivity contribution >= 4 is 17.6 Å². The Balaban J connectivity index is 2.22. The maximum Gasteiger partial charge on any atom is 0.306 e. The number of fused-ring (bicyclic) bond motifs is 1. The molecule has 1 heterocycles. The van der Waals surface area contributed by atoms with E-state index in [2.05, 4.69) is 5.32 Å². The molecule has 1 aromatic rings. The van der Waals surface area contributed by atoms with Crippen LogP contribution in [0.2, 0.25) is 0 Å². The van der Waals surface area contributed by atoms with Crippen LogP contribution in [-0.2, 0) is 9.59 Å². The Morgan fingerprint density at radius 1 is 1.50 bits per heavy atom. The number of carboxylic acids is 1. The Kier molecular flexibility index (Phi) is 2.64. The highest BCUT2D eigenvalue weighted by molar-refractivity contribution is 6.03. The second-order valence-corrected chi connectivity index (χ2v) is 4.10. The number of aliphatic carboxylic acids is 1. The van der Waals surface area contributed by atoms with E-state index in [4.69, 9.17) is 5.11 Å². The molecule has 16 heavy (non-hydrogen) atoms. The van der Waals surface area contributed by atoms with E-state index < -0.39 is 11.9 Å². The van der Waals surface area contributed by atoms with E-state index >= 15 is 0 Å². The lowest BCUT2D eigenvalue weighted by atomic mass is 9.91. The number of benzene rings is 1. The van der Waals surface area contributed by atoms with Crippen LogP contribution in [0.15, 0.2) is 24.3 Å². The molecule has 1 amide bonds. The van der Waals surface area contributed by atoms with Crippen molar-refractivity contribution in [3.8, 4) is 0 Å². The van der Waals surface area contributed by atoms with Crippen molar-refractivity contribution in [1.29, 1.82) is 0 Å². The zero-order chi connectivity index (χ0) is 11.7. The number of carboxylic acid groups (broad SMARTS) is 1. The quantitative estimate of drug-likeness (QED) is 0.815. The molecule has 2 N–H and O–H groups in total. The summed E-state index contributed by atoms with van der Waals surface area (Å²) in [6.07, 6.45) is 0.345. The number of hydrogen-bond acceptors (Lipinski definition) is 2. The van der Waals surface area contributed by atoms with E-state index in [-0.39, 0.29) is 11.8 Å². The van der Waals surface area contributed by atoms with E-state index in [1.165, 1.54) is 0 Å². The van der Waals surface area contributed by atoms with E-state index in [1.54, 1.807) is 6.92 Å². The second-order valence-electron chi connectivity index (χ2n) is 4.10. The molecule has 1 aliphatic heterocycles. The highest BCUT2D eigenvalue weighted by Crippen LogP contribution is 2.36. The lowest BCUT2D eigenvalue weighted by molar-refractivity contribution is -0.141. The van der Waals surface area contributed by atoms with Gasteiger partial charge in [-0.1, -0.05) is 25.1 Å². The molecule has 0 fully saturated rings. The van der Waals surface area contributed by atoms with E-state index in [9.17, 15) is 9.59 Å². The van der Waals surface area contributed by atoms with Gasteiger partial charge in [0.05, 0.1) is 11.8 Å².